The molecule has 1 unspecified atom stereocenters. The fourth-order valence-corrected chi connectivity index (χ4v) is 3.11. The molecule has 0 saturated carbocycles. The first kappa shape index (κ1) is 22.7. The zero-order chi connectivity index (χ0) is 23.5. The first-order valence-electron chi connectivity index (χ1n) is 9.25. The van der Waals surface area contributed by atoms with Crippen LogP contribution < -0.4 is 15.6 Å². The summed E-state index contributed by atoms with van der Waals surface area (Å²) in [5.74, 6) is -2.26. The third kappa shape index (κ3) is 4.99. The lowest BCUT2D eigenvalue weighted by Crippen LogP contribution is -2.31. The smallest absolute Gasteiger partial charge is 0.416 e. The van der Waals surface area contributed by atoms with Gasteiger partial charge in [0.1, 0.15) is 11.4 Å². The van der Waals surface area contributed by atoms with Gasteiger partial charge in [-0.2, -0.15) is 13.2 Å². The molecule has 3 N–H and O–H groups in total. The highest BCUT2D eigenvalue weighted by atomic mass is 19.4. The molecule has 1 heterocycles. The second kappa shape index (κ2) is 9.00. The number of alkyl halides is 3. The molecule has 1 amide bonds. The number of hydrogen-bond donors (Lipinski definition) is 3. The maximum absolute atomic E-state index is 13.2. The maximum Gasteiger partial charge on any atom is 0.416 e. The Kier molecular flexibility index (Phi) is 6.37. The molecule has 0 aliphatic rings. The standard InChI is InChI=1S/C21H18F3N3O5/c1-32-17-8-7-12(21(22,23)24)9-14(17)15(11-19(29)30)25-20(31)16-10-18(28)27(26-16)13-5-3-2-4-6-13/h2-10,15,26H,11H2,1H3,(H,25,31)(H,29,30). The first-order valence-corrected chi connectivity index (χ1v) is 9.25. The van der Waals surface area contributed by atoms with E-state index >= 15 is 0 Å². The Balaban J connectivity index is 1.96. The van der Waals surface area contributed by atoms with Crippen LogP contribution in [0.5, 0.6) is 5.75 Å². The van der Waals surface area contributed by atoms with E-state index in [4.69, 9.17) is 4.74 Å². The van der Waals surface area contributed by atoms with Crippen LogP contribution in [0.15, 0.2) is 59.4 Å². The molecule has 0 aliphatic heterocycles. The second-order valence-electron chi connectivity index (χ2n) is 6.76. The summed E-state index contributed by atoms with van der Waals surface area (Å²) in [6, 6.07) is 10.6. The number of halogens is 3. The molecule has 0 fully saturated rings. The third-order valence-corrected chi connectivity index (χ3v) is 4.60. The van der Waals surface area contributed by atoms with Gasteiger partial charge in [0.25, 0.3) is 11.5 Å². The molecule has 32 heavy (non-hydrogen) atoms. The highest BCUT2D eigenvalue weighted by Crippen LogP contribution is 2.35. The summed E-state index contributed by atoms with van der Waals surface area (Å²) in [7, 11) is 1.21. The number of benzene rings is 2. The lowest BCUT2D eigenvalue weighted by Gasteiger charge is -2.21. The van der Waals surface area contributed by atoms with Gasteiger partial charge in [-0.15, -0.1) is 0 Å². The van der Waals surface area contributed by atoms with Gasteiger partial charge < -0.3 is 15.2 Å². The van der Waals surface area contributed by atoms with E-state index < -0.39 is 41.6 Å². The number of rotatable bonds is 7. The fraction of sp³-hybridized carbons (Fsp3) is 0.190. The van der Waals surface area contributed by atoms with E-state index in [0.717, 1.165) is 28.9 Å². The van der Waals surface area contributed by atoms with Crippen LogP contribution in [0, 0.1) is 0 Å². The zero-order valence-corrected chi connectivity index (χ0v) is 16.6. The van der Waals surface area contributed by atoms with Gasteiger partial charge in [0.15, 0.2) is 0 Å². The van der Waals surface area contributed by atoms with E-state index in [-0.39, 0.29) is 17.0 Å². The fourth-order valence-electron chi connectivity index (χ4n) is 3.11. The summed E-state index contributed by atoms with van der Waals surface area (Å²) in [4.78, 5) is 36.3. The van der Waals surface area contributed by atoms with Gasteiger partial charge in [-0.1, -0.05) is 18.2 Å². The van der Waals surface area contributed by atoms with Crippen molar-refractivity contribution in [2.75, 3.05) is 7.11 Å². The Labute approximate surface area is 179 Å². The van der Waals surface area contributed by atoms with Crippen molar-refractivity contribution in [3.63, 3.8) is 0 Å². The average Bonchev–Trinajstić information content (AvgIpc) is 3.14. The molecule has 2 aromatic carbocycles. The summed E-state index contributed by atoms with van der Waals surface area (Å²) < 4.78 is 45.7. The molecule has 1 atom stereocenters. The third-order valence-electron chi connectivity index (χ3n) is 4.60. The number of amides is 1. The van der Waals surface area contributed by atoms with Gasteiger partial charge in [-0.05, 0) is 30.3 Å². The van der Waals surface area contributed by atoms with Gasteiger partial charge in [0.2, 0.25) is 0 Å². The summed E-state index contributed by atoms with van der Waals surface area (Å²) in [6.45, 7) is 0. The predicted molar refractivity (Wildman–Crippen MR) is 107 cm³/mol. The van der Waals surface area contributed by atoms with E-state index in [0.29, 0.717) is 5.69 Å². The SMILES string of the molecule is COc1ccc(C(F)(F)F)cc1C(CC(=O)O)NC(=O)c1cc(=O)n(-c2ccccc2)[nH]1. The van der Waals surface area contributed by atoms with Crippen LogP contribution in [-0.2, 0) is 11.0 Å². The summed E-state index contributed by atoms with van der Waals surface area (Å²) in [6.07, 6.45) is -5.40. The summed E-state index contributed by atoms with van der Waals surface area (Å²) in [5.41, 5.74) is -1.48. The number of hydrogen-bond acceptors (Lipinski definition) is 4. The van der Waals surface area contributed by atoms with Crippen molar-refractivity contribution in [2.24, 2.45) is 0 Å². The van der Waals surface area contributed by atoms with Crippen molar-refractivity contribution < 1.29 is 32.6 Å². The lowest BCUT2D eigenvalue weighted by molar-refractivity contribution is -0.138. The molecule has 0 bridgehead atoms. The minimum atomic E-state index is -4.68. The quantitative estimate of drug-likeness (QED) is 0.513. The number of aliphatic carboxylic acids is 1. The molecule has 0 spiro atoms. The Morgan fingerprint density at radius 1 is 1.16 bits per heavy atom. The van der Waals surface area contributed by atoms with E-state index in [9.17, 15) is 32.7 Å². The van der Waals surface area contributed by atoms with Crippen molar-refractivity contribution >= 4 is 11.9 Å². The van der Waals surface area contributed by atoms with Crippen LogP contribution in [0.25, 0.3) is 5.69 Å². The Hall–Kier alpha value is -4.02. The normalized spacial score (nSPS) is 12.2. The Morgan fingerprint density at radius 2 is 1.84 bits per heavy atom. The van der Waals surface area contributed by atoms with Crippen molar-refractivity contribution in [3.8, 4) is 11.4 Å². The van der Waals surface area contributed by atoms with Crippen LogP contribution in [-0.4, -0.2) is 33.9 Å². The number of carboxylic acid groups (broad SMARTS) is 1. The highest BCUT2D eigenvalue weighted by Gasteiger charge is 2.33. The minimum Gasteiger partial charge on any atom is -0.496 e. The predicted octanol–water partition coefficient (Wildman–Crippen LogP) is 3.14. The van der Waals surface area contributed by atoms with E-state index in [1.165, 1.54) is 7.11 Å². The Morgan fingerprint density at radius 3 is 2.44 bits per heavy atom. The lowest BCUT2D eigenvalue weighted by atomic mass is 9.99. The van der Waals surface area contributed by atoms with E-state index in [1.54, 1.807) is 30.3 Å². The van der Waals surface area contributed by atoms with Crippen LogP contribution in [0.3, 0.4) is 0 Å². The van der Waals surface area contributed by atoms with Gasteiger partial charge in [-0.25, -0.2) is 4.68 Å². The van der Waals surface area contributed by atoms with Crippen LogP contribution in [0.4, 0.5) is 13.2 Å². The molecule has 11 heteroatoms. The number of carbonyl (C=O) groups is 2. The second-order valence-corrected chi connectivity index (χ2v) is 6.76. The van der Waals surface area contributed by atoms with Gasteiger partial charge in [-0.3, -0.25) is 19.5 Å². The van der Waals surface area contributed by atoms with Gasteiger partial charge in [0, 0.05) is 11.6 Å². The first-order chi connectivity index (χ1) is 15.1. The number of para-hydroxylation sites is 1. The monoisotopic (exact) mass is 449 g/mol. The van der Waals surface area contributed by atoms with Crippen molar-refractivity contribution in [1.29, 1.82) is 0 Å². The average molecular weight is 449 g/mol. The summed E-state index contributed by atoms with van der Waals surface area (Å²) in [5, 5.41) is 14.2. The highest BCUT2D eigenvalue weighted by molar-refractivity contribution is 5.92. The number of carboxylic acids is 1. The molecule has 168 valence electrons. The van der Waals surface area contributed by atoms with E-state index in [1.807, 2.05) is 0 Å². The van der Waals surface area contributed by atoms with Crippen LogP contribution in [0.2, 0.25) is 0 Å². The Bertz CT molecular complexity index is 1190. The van der Waals surface area contributed by atoms with Crippen molar-refractivity contribution in [3.05, 3.63) is 81.8 Å². The summed E-state index contributed by atoms with van der Waals surface area (Å²) >= 11 is 0. The molecule has 0 saturated heterocycles. The van der Waals surface area contributed by atoms with Crippen LogP contribution >= 0.6 is 0 Å². The largest absolute Gasteiger partial charge is 0.496 e. The zero-order valence-electron chi connectivity index (χ0n) is 16.6. The molecule has 3 aromatic rings. The van der Waals surface area contributed by atoms with Crippen molar-refractivity contribution in [1.82, 2.24) is 15.1 Å². The molecule has 0 aliphatic carbocycles. The topological polar surface area (TPSA) is 113 Å². The maximum atomic E-state index is 13.2. The molecular weight excluding hydrogens is 431 g/mol. The number of nitrogens with one attached hydrogen (secondary N) is 2. The minimum absolute atomic E-state index is 0.0279. The number of H-pyrrole nitrogens is 1. The molecule has 1 aromatic heterocycles. The number of aromatic amines is 1. The van der Waals surface area contributed by atoms with Crippen LogP contribution in [0.1, 0.15) is 34.1 Å². The molecule has 3 rings (SSSR count). The van der Waals surface area contributed by atoms with Gasteiger partial charge in [0.05, 0.1) is 30.8 Å². The number of ether oxygens (including phenoxy) is 1. The molecular formula is C21H18F3N3O5. The number of aromatic nitrogens is 2. The number of nitrogens with zero attached hydrogens (tertiary/aromatic N) is 1. The molecule has 8 nitrogen and oxygen atoms in total. The molecule has 0 radical (unpaired) electrons. The van der Waals surface area contributed by atoms with Crippen molar-refractivity contribution in [2.45, 2.75) is 18.6 Å². The number of carbonyl (C=O) groups excluding carboxylic acids is 1. The van der Waals surface area contributed by atoms with E-state index in [2.05, 4.69) is 10.4 Å². The van der Waals surface area contributed by atoms with Gasteiger partial charge >= 0.3 is 12.1 Å². The number of methoxy groups -OCH3 is 1.